The summed E-state index contributed by atoms with van der Waals surface area (Å²) in [7, 11) is 0. The fourth-order valence-electron chi connectivity index (χ4n) is 1.45. The highest BCUT2D eigenvalue weighted by atomic mass is 14.0. The summed E-state index contributed by atoms with van der Waals surface area (Å²) in [6, 6.07) is 9.06. The van der Waals surface area contributed by atoms with E-state index in [1.54, 1.807) is 0 Å². The van der Waals surface area contributed by atoms with Crippen LogP contribution in [0, 0.1) is 0 Å². The monoisotopic (exact) mass is 176 g/mol. The molecule has 0 atom stereocenters. The maximum absolute atomic E-state index is 2.27. The molecule has 0 spiro atoms. The molecular formula is C13H20. The van der Waals surface area contributed by atoms with Crippen LogP contribution >= 0.6 is 0 Å². The van der Waals surface area contributed by atoms with Crippen LogP contribution in [0.1, 0.15) is 50.7 Å². The lowest BCUT2D eigenvalue weighted by Gasteiger charge is -2.06. The Morgan fingerprint density at radius 1 is 1.08 bits per heavy atom. The summed E-state index contributed by atoms with van der Waals surface area (Å²) < 4.78 is 0. The Kier molecular flexibility index (Phi) is 4.01. The van der Waals surface area contributed by atoms with Crippen LogP contribution in [0.4, 0.5) is 0 Å². The van der Waals surface area contributed by atoms with Crippen molar-refractivity contribution in [2.75, 3.05) is 0 Å². The fraction of sp³-hybridized carbons (Fsp3) is 0.538. The predicted molar refractivity (Wildman–Crippen MR) is 59.1 cm³/mol. The normalized spacial score (nSPS) is 10.8. The van der Waals surface area contributed by atoms with E-state index in [1.165, 1.54) is 30.4 Å². The summed E-state index contributed by atoms with van der Waals surface area (Å²) in [6.07, 6.45) is 3.82. The van der Waals surface area contributed by atoms with Gasteiger partial charge in [0.2, 0.25) is 0 Å². The molecule has 0 aromatic heterocycles. The number of rotatable bonds is 4. The molecule has 0 saturated heterocycles. The lowest BCUT2D eigenvalue weighted by atomic mass is 10.00. The number of hydrogen-bond acceptors (Lipinski definition) is 0. The molecule has 1 aromatic carbocycles. The fourth-order valence-corrected chi connectivity index (χ4v) is 1.45. The molecule has 0 heterocycles. The van der Waals surface area contributed by atoms with Gasteiger partial charge in [0.25, 0.3) is 0 Å². The molecule has 0 amide bonds. The summed E-state index contributed by atoms with van der Waals surface area (Å²) in [4.78, 5) is 0. The highest BCUT2D eigenvalue weighted by molar-refractivity contribution is 5.24. The first-order valence-corrected chi connectivity index (χ1v) is 5.33. The molecule has 0 unspecified atom stereocenters. The van der Waals surface area contributed by atoms with Crippen molar-refractivity contribution in [1.29, 1.82) is 0 Å². The molecule has 1 aromatic rings. The minimum absolute atomic E-state index is 0.653. The van der Waals surface area contributed by atoms with Gasteiger partial charge in [-0.15, -0.1) is 0 Å². The third-order valence-electron chi connectivity index (χ3n) is 2.47. The van der Waals surface area contributed by atoms with Crippen molar-refractivity contribution in [3.8, 4) is 0 Å². The van der Waals surface area contributed by atoms with E-state index in [0.717, 1.165) is 0 Å². The molecule has 0 bridgehead atoms. The van der Waals surface area contributed by atoms with Crippen molar-refractivity contribution in [2.45, 2.75) is 46.0 Å². The molecule has 0 N–H and O–H groups in total. The minimum atomic E-state index is 0.653. The van der Waals surface area contributed by atoms with Gasteiger partial charge in [0.05, 0.1) is 0 Å². The molecule has 0 radical (unpaired) electrons. The Bertz CT molecular complexity index is 231. The van der Waals surface area contributed by atoms with Gasteiger partial charge in [-0.05, 0) is 29.9 Å². The zero-order chi connectivity index (χ0) is 9.68. The van der Waals surface area contributed by atoms with Crippen LogP contribution in [0.3, 0.4) is 0 Å². The molecule has 0 aliphatic rings. The molecule has 1 rings (SSSR count). The van der Waals surface area contributed by atoms with E-state index in [0.29, 0.717) is 5.92 Å². The Balaban J connectivity index is 2.59. The van der Waals surface area contributed by atoms with Crippen LogP contribution in [-0.2, 0) is 6.42 Å². The maximum Gasteiger partial charge on any atom is -0.0219 e. The highest BCUT2D eigenvalue weighted by Gasteiger charge is 1.98. The summed E-state index contributed by atoms with van der Waals surface area (Å²) >= 11 is 0. The second-order valence-electron chi connectivity index (χ2n) is 4.00. The van der Waals surface area contributed by atoms with E-state index < -0.39 is 0 Å². The van der Waals surface area contributed by atoms with Gasteiger partial charge in [0.1, 0.15) is 0 Å². The van der Waals surface area contributed by atoms with Crippen LogP contribution in [0.25, 0.3) is 0 Å². The zero-order valence-corrected chi connectivity index (χ0v) is 9.01. The Morgan fingerprint density at radius 2 is 1.69 bits per heavy atom. The van der Waals surface area contributed by atoms with E-state index in [1.807, 2.05) is 0 Å². The lowest BCUT2D eigenvalue weighted by molar-refractivity contribution is 0.793. The van der Waals surface area contributed by atoms with Crippen molar-refractivity contribution in [2.24, 2.45) is 0 Å². The largest absolute Gasteiger partial charge is 0.0654 e. The molecule has 13 heavy (non-hydrogen) atoms. The molecule has 0 fully saturated rings. The van der Waals surface area contributed by atoms with Gasteiger partial charge in [-0.3, -0.25) is 0 Å². The average molecular weight is 176 g/mol. The van der Waals surface area contributed by atoms with Gasteiger partial charge >= 0.3 is 0 Å². The van der Waals surface area contributed by atoms with Gasteiger partial charge < -0.3 is 0 Å². The van der Waals surface area contributed by atoms with Gasteiger partial charge in [0, 0.05) is 0 Å². The van der Waals surface area contributed by atoms with Crippen LogP contribution in [0.15, 0.2) is 24.3 Å². The first-order chi connectivity index (χ1) is 6.24. The van der Waals surface area contributed by atoms with Crippen LogP contribution in [0.2, 0.25) is 0 Å². The first kappa shape index (κ1) is 10.3. The summed E-state index contributed by atoms with van der Waals surface area (Å²) in [5.41, 5.74) is 2.92. The summed E-state index contributed by atoms with van der Waals surface area (Å²) in [6.45, 7) is 6.71. The predicted octanol–water partition coefficient (Wildman–Crippen LogP) is 4.15. The quantitative estimate of drug-likeness (QED) is 0.646. The number of hydrogen-bond donors (Lipinski definition) is 0. The molecule has 0 aliphatic carbocycles. The van der Waals surface area contributed by atoms with E-state index >= 15 is 0 Å². The second-order valence-corrected chi connectivity index (χ2v) is 4.00. The smallest absolute Gasteiger partial charge is 0.0219 e. The Morgan fingerprint density at radius 3 is 2.15 bits per heavy atom. The Labute approximate surface area is 82.0 Å². The number of unbranched alkanes of at least 4 members (excludes halogenated alkanes) is 1. The van der Waals surface area contributed by atoms with Gasteiger partial charge in [-0.1, -0.05) is 51.5 Å². The third kappa shape index (κ3) is 3.22. The van der Waals surface area contributed by atoms with Crippen molar-refractivity contribution >= 4 is 0 Å². The van der Waals surface area contributed by atoms with E-state index in [4.69, 9.17) is 0 Å². The Hall–Kier alpha value is -0.780. The van der Waals surface area contributed by atoms with E-state index in [2.05, 4.69) is 45.0 Å². The van der Waals surface area contributed by atoms with Crippen molar-refractivity contribution in [3.63, 3.8) is 0 Å². The van der Waals surface area contributed by atoms with Crippen molar-refractivity contribution < 1.29 is 0 Å². The van der Waals surface area contributed by atoms with Gasteiger partial charge in [-0.2, -0.15) is 0 Å². The standard InChI is InChI=1S/C13H20/c1-4-5-6-12-7-9-13(10-8-12)11(2)3/h7-11H,4-6H2,1-3H3. The van der Waals surface area contributed by atoms with Crippen LogP contribution in [0.5, 0.6) is 0 Å². The van der Waals surface area contributed by atoms with Gasteiger partial charge in [0.15, 0.2) is 0 Å². The molecule has 0 nitrogen and oxygen atoms in total. The number of aryl methyl sites for hydroxylation is 1. The second kappa shape index (κ2) is 5.06. The summed E-state index contributed by atoms with van der Waals surface area (Å²) in [5, 5.41) is 0. The summed E-state index contributed by atoms with van der Waals surface area (Å²) in [5.74, 6) is 0.653. The van der Waals surface area contributed by atoms with Crippen molar-refractivity contribution in [1.82, 2.24) is 0 Å². The van der Waals surface area contributed by atoms with E-state index in [9.17, 15) is 0 Å². The van der Waals surface area contributed by atoms with Gasteiger partial charge in [-0.25, -0.2) is 0 Å². The molecule has 0 saturated carbocycles. The molecule has 0 heteroatoms. The molecule has 72 valence electrons. The SMILES string of the molecule is CCCCc1ccc(C(C)C)cc1. The van der Waals surface area contributed by atoms with Crippen LogP contribution in [-0.4, -0.2) is 0 Å². The van der Waals surface area contributed by atoms with Crippen LogP contribution < -0.4 is 0 Å². The maximum atomic E-state index is 2.27. The highest BCUT2D eigenvalue weighted by Crippen LogP contribution is 2.15. The minimum Gasteiger partial charge on any atom is -0.0654 e. The molecular weight excluding hydrogens is 156 g/mol. The van der Waals surface area contributed by atoms with E-state index in [-0.39, 0.29) is 0 Å². The topological polar surface area (TPSA) is 0 Å². The lowest BCUT2D eigenvalue weighted by Crippen LogP contribution is -1.89. The molecule has 0 aliphatic heterocycles. The average Bonchev–Trinajstić information content (AvgIpc) is 2.15. The first-order valence-electron chi connectivity index (χ1n) is 5.33. The third-order valence-corrected chi connectivity index (χ3v) is 2.47. The van der Waals surface area contributed by atoms with Crippen molar-refractivity contribution in [3.05, 3.63) is 35.4 Å². The zero-order valence-electron chi connectivity index (χ0n) is 9.01. The number of benzene rings is 1.